The van der Waals surface area contributed by atoms with Crippen LogP contribution >= 0.6 is 34.8 Å². The zero-order valence-electron chi connectivity index (χ0n) is 14.1. The first-order chi connectivity index (χ1) is 12.7. The monoisotopic (exact) mass is 434 g/mol. The van der Waals surface area contributed by atoms with E-state index in [9.17, 15) is 13.2 Å². The predicted octanol–water partition coefficient (Wildman–Crippen LogP) is 7.10. The Bertz CT molecular complexity index is 980. The highest BCUT2D eigenvalue weighted by Crippen LogP contribution is 2.41. The lowest BCUT2D eigenvalue weighted by molar-refractivity contribution is -0.137. The molecule has 0 atom stereocenters. The molecule has 144 valence electrons. The molecule has 27 heavy (non-hydrogen) atoms. The van der Waals surface area contributed by atoms with E-state index in [0.717, 1.165) is 29.9 Å². The van der Waals surface area contributed by atoms with Gasteiger partial charge in [0.05, 0.1) is 15.6 Å². The van der Waals surface area contributed by atoms with Gasteiger partial charge in [-0.3, -0.25) is 0 Å². The molecule has 0 bridgehead atoms. The minimum atomic E-state index is -4.54. The molecule has 0 unspecified atom stereocenters. The molecule has 0 saturated carbocycles. The summed E-state index contributed by atoms with van der Waals surface area (Å²) in [5.74, 6) is 0. The van der Waals surface area contributed by atoms with Gasteiger partial charge in [0.25, 0.3) is 0 Å². The van der Waals surface area contributed by atoms with E-state index in [4.69, 9.17) is 40.5 Å². The number of aromatic amines is 1. The Morgan fingerprint density at radius 1 is 0.963 bits per heavy atom. The molecule has 0 fully saturated rings. The molecule has 0 radical (unpaired) electrons. The number of nitrogens with one attached hydrogen (secondary N) is 1. The first-order valence-electron chi connectivity index (χ1n) is 8.29. The third kappa shape index (κ3) is 4.21. The minimum Gasteiger partial charge on any atom is -0.354 e. The number of unbranched alkanes of at least 4 members (excludes halogenated alkanes) is 1. The minimum absolute atomic E-state index is 0.340. The van der Waals surface area contributed by atoms with Crippen molar-refractivity contribution in [2.24, 2.45) is 5.73 Å². The molecule has 1 heterocycles. The second-order valence-corrected chi connectivity index (χ2v) is 7.48. The molecule has 8 heteroatoms. The van der Waals surface area contributed by atoms with Crippen molar-refractivity contribution >= 4 is 45.7 Å². The molecule has 3 N–H and O–H groups in total. The Morgan fingerprint density at radius 2 is 1.70 bits per heavy atom. The van der Waals surface area contributed by atoms with E-state index in [2.05, 4.69) is 4.98 Å². The van der Waals surface area contributed by atoms with Gasteiger partial charge < -0.3 is 10.7 Å². The van der Waals surface area contributed by atoms with Gasteiger partial charge in [-0.25, -0.2) is 0 Å². The molecule has 0 aliphatic rings. The summed E-state index contributed by atoms with van der Waals surface area (Å²) in [6, 6.07) is 7.19. The maximum absolute atomic E-state index is 13.3. The van der Waals surface area contributed by atoms with Crippen LogP contribution in [0.2, 0.25) is 15.1 Å². The Morgan fingerprint density at radius 3 is 2.37 bits per heavy atom. The van der Waals surface area contributed by atoms with Gasteiger partial charge in [-0.1, -0.05) is 40.9 Å². The van der Waals surface area contributed by atoms with Crippen LogP contribution in [0.3, 0.4) is 0 Å². The number of fused-ring (bicyclic) bond motifs is 1. The summed E-state index contributed by atoms with van der Waals surface area (Å²) in [4.78, 5) is 3.18. The maximum Gasteiger partial charge on any atom is 0.417 e. The number of hydrogen-bond donors (Lipinski definition) is 2. The van der Waals surface area contributed by atoms with Crippen molar-refractivity contribution in [3.63, 3.8) is 0 Å². The topological polar surface area (TPSA) is 41.8 Å². The number of hydrogen-bond acceptors (Lipinski definition) is 1. The van der Waals surface area contributed by atoms with Gasteiger partial charge in [0, 0.05) is 21.6 Å². The molecule has 0 aliphatic heterocycles. The Labute approximate surface area is 169 Å². The van der Waals surface area contributed by atoms with Crippen molar-refractivity contribution in [3.05, 3.63) is 56.5 Å². The SMILES string of the molecule is NCCCCc1c(-c2ccc(Cl)c(C(F)(F)F)c2)[nH]c2cc(Cl)cc(Cl)c12. The van der Waals surface area contributed by atoms with E-state index in [1.54, 1.807) is 18.2 Å². The van der Waals surface area contributed by atoms with E-state index < -0.39 is 11.7 Å². The summed E-state index contributed by atoms with van der Waals surface area (Å²) in [6.45, 7) is 0.538. The molecular weight excluding hydrogens is 420 g/mol. The van der Waals surface area contributed by atoms with Crippen molar-refractivity contribution in [2.45, 2.75) is 25.4 Å². The molecule has 0 amide bonds. The summed E-state index contributed by atoms with van der Waals surface area (Å²) in [5.41, 5.74) is 7.18. The lowest BCUT2D eigenvalue weighted by atomic mass is 9.99. The number of halogens is 6. The molecule has 0 saturated heterocycles. The van der Waals surface area contributed by atoms with Crippen LogP contribution in [-0.4, -0.2) is 11.5 Å². The first-order valence-corrected chi connectivity index (χ1v) is 9.42. The van der Waals surface area contributed by atoms with Crippen molar-refractivity contribution in [2.75, 3.05) is 6.54 Å². The number of H-pyrrole nitrogens is 1. The van der Waals surface area contributed by atoms with Gasteiger partial charge in [-0.2, -0.15) is 13.2 Å². The molecule has 2 nitrogen and oxygen atoms in total. The number of rotatable bonds is 5. The Kier molecular flexibility index (Phi) is 5.96. The van der Waals surface area contributed by atoms with Gasteiger partial charge in [-0.15, -0.1) is 0 Å². The van der Waals surface area contributed by atoms with Crippen LogP contribution in [0.1, 0.15) is 24.0 Å². The second-order valence-electron chi connectivity index (χ2n) is 6.23. The third-order valence-electron chi connectivity index (χ3n) is 4.36. The van der Waals surface area contributed by atoms with Crippen molar-refractivity contribution in [1.82, 2.24) is 4.98 Å². The molecule has 0 spiro atoms. The molecule has 3 aromatic rings. The molecule has 3 rings (SSSR count). The van der Waals surface area contributed by atoms with Gasteiger partial charge in [0.1, 0.15) is 0 Å². The number of aryl methyl sites for hydroxylation is 1. The second kappa shape index (κ2) is 7.92. The smallest absolute Gasteiger partial charge is 0.354 e. The molecule has 2 aromatic carbocycles. The van der Waals surface area contributed by atoms with Crippen LogP contribution in [-0.2, 0) is 12.6 Å². The summed E-state index contributed by atoms with van der Waals surface area (Å²) in [6.07, 6.45) is -2.33. The van der Waals surface area contributed by atoms with Crippen LogP contribution in [0.5, 0.6) is 0 Å². The number of aromatic nitrogens is 1. The highest BCUT2D eigenvalue weighted by Gasteiger charge is 2.33. The summed E-state index contributed by atoms with van der Waals surface area (Å²) < 4.78 is 39.8. The Balaban J connectivity index is 2.21. The van der Waals surface area contributed by atoms with Gasteiger partial charge >= 0.3 is 6.18 Å². The third-order valence-corrected chi connectivity index (χ3v) is 5.21. The van der Waals surface area contributed by atoms with Gasteiger partial charge in [0.15, 0.2) is 0 Å². The number of alkyl halides is 3. The van der Waals surface area contributed by atoms with E-state index in [1.807, 2.05) is 0 Å². The van der Waals surface area contributed by atoms with Crippen molar-refractivity contribution < 1.29 is 13.2 Å². The van der Waals surface area contributed by atoms with Crippen LogP contribution in [0.25, 0.3) is 22.2 Å². The van der Waals surface area contributed by atoms with Crippen LogP contribution in [0, 0.1) is 0 Å². The van der Waals surface area contributed by atoms with Crippen LogP contribution in [0.15, 0.2) is 30.3 Å². The standard InChI is InChI=1S/C19H16Cl3F3N2/c20-11-8-15(22)17-12(3-1-2-6-26)18(27-16(17)9-11)10-4-5-14(21)13(7-10)19(23,24)25/h4-5,7-9,27H,1-3,6,26H2. The average molecular weight is 436 g/mol. The average Bonchev–Trinajstić information content (AvgIpc) is 2.93. The molecular formula is C19H16Cl3F3N2. The van der Waals surface area contributed by atoms with E-state index in [-0.39, 0.29) is 5.02 Å². The highest BCUT2D eigenvalue weighted by molar-refractivity contribution is 6.39. The maximum atomic E-state index is 13.3. The largest absolute Gasteiger partial charge is 0.417 e. The summed E-state index contributed by atoms with van der Waals surface area (Å²) >= 11 is 18.2. The van der Waals surface area contributed by atoms with Crippen molar-refractivity contribution in [1.29, 1.82) is 0 Å². The van der Waals surface area contributed by atoms with E-state index in [0.29, 0.717) is 39.8 Å². The lowest BCUT2D eigenvalue weighted by Crippen LogP contribution is -2.06. The first kappa shape index (κ1) is 20.3. The van der Waals surface area contributed by atoms with Gasteiger partial charge in [-0.05, 0) is 61.2 Å². The van der Waals surface area contributed by atoms with Gasteiger partial charge in [0.2, 0.25) is 0 Å². The quantitative estimate of drug-likeness (QED) is 0.412. The summed E-state index contributed by atoms with van der Waals surface area (Å²) in [5, 5.41) is 1.32. The van der Waals surface area contributed by atoms with Crippen molar-refractivity contribution in [3.8, 4) is 11.3 Å². The van der Waals surface area contributed by atoms with Crippen LogP contribution < -0.4 is 5.73 Å². The fraction of sp³-hybridized carbons (Fsp3) is 0.263. The van der Waals surface area contributed by atoms with E-state index >= 15 is 0 Å². The predicted molar refractivity (Wildman–Crippen MR) is 106 cm³/mol. The highest BCUT2D eigenvalue weighted by atomic mass is 35.5. The molecule has 0 aliphatic carbocycles. The molecule has 1 aromatic heterocycles. The fourth-order valence-electron chi connectivity index (χ4n) is 3.15. The Hall–Kier alpha value is -1.40. The zero-order chi connectivity index (χ0) is 19.8. The fourth-order valence-corrected chi connectivity index (χ4v) is 3.99. The normalized spacial score (nSPS) is 12.1. The van der Waals surface area contributed by atoms with E-state index in [1.165, 1.54) is 6.07 Å². The number of benzene rings is 2. The zero-order valence-corrected chi connectivity index (χ0v) is 16.3. The lowest BCUT2D eigenvalue weighted by Gasteiger charge is -2.12. The van der Waals surface area contributed by atoms with Crippen LogP contribution in [0.4, 0.5) is 13.2 Å². The number of nitrogens with two attached hydrogens (primary N) is 1. The summed E-state index contributed by atoms with van der Waals surface area (Å²) in [7, 11) is 0.